The molecule has 16 heavy (non-hydrogen) atoms. The Morgan fingerprint density at radius 2 is 1.88 bits per heavy atom. The molecule has 0 saturated heterocycles. The molecule has 2 heteroatoms. The van der Waals surface area contributed by atoms with Gasteiger partial charge in [-0.1, -0.05) is 20.3 Å². The summed E-state index contributed by atoms with van der Waals surface area (Å²) in [5, 5.41) is 7.10. The first-order valence-electron chi connectivity index (χ1n) is 6.77. The van der Waals surface area contributed by atoms with Crippen LogP contribution in [-0.2, 0) is 0 Å². The lowest BCUT2D eigenvalue weighted by Gasteiger charge is -2.27. The van der Waals surface area contributed by atoms with Crippen molar-refractivity contribution in [2.45, 2.75) is 59.4 Å². The van der Waals surface area contributed by atoms with Crippen molar-refractivity contribution in [1.82, 2.24) is 10.6 Å². The summed E-state index contributed by atoms with van der Waals surface area (Å²) in [6.07, 6.45) is 4.23. The number of nitrogens with one attached hydrogen (secondary N) is 2. The van der Waals surface area contributed by atoms with Gasteiger partial charge in [-0.2, -0.15) is 0 Å². The number of hydrogen-bond acceptors (Lipinski definition) is 2. The van der Waals surface area contributed by atoms with E-state index in [9.17, 15) is 0 Å². The molecule has 0 aliphatic heterocycles. The molecule has 0 heterocycles. The Kier molecular flexibility index (Phi) is 4.81. The van der Waals surface area contributed by atoms with Gasteiger partial charge in [-0.15, -0.1) is 0 Å². The van der Waals surface area contributed by atoms with Crippen molar-refractivity contribution < 1.29 is 0 Å². The van der Waals surface area contributed by atoms with Crippen molar-refractivity contribution in [3.63, 3.8) is 0 Å². The third kappa shape index (κ3) is 4.84. The van der Waals surface area contributed by atoms with Crippen LogP contribution in [0.5, 0.6) is 0 Å². The van der Waals surface area contributed by atoms with Gasteiger partial charge < -0.3 is 10.6 Å². The molecule has 1 rings (SSSR count). The molecule has 1 atom stereocenters. The summed E-state index contributed by atoms with van der Waals surface area (Å²) in [5.41, 5.74) is 0.804. The second-order valence-corrected chi connectivity index (χ2v) is 6.96. The average molecular weight is 226 g/mol. The van der Waals surface area contributed by atoms with Gasteiger partial charge >= 0.3 is 0 Å². The predicted molar refractivity (Wildman–Crippen MR) is 71.7 cm³/mol. The highest BCUT2D eigenvalue weighted by atomic mass is 15.0. The smallest absolute Gasteiger partial charge is 0.00970 e. The Labute approximate surface area is 102 Å². The standard InChI is InChI=1S/C14H30N2/c1-13(2,3)16-10-9-15-11-12-7-6-8-14(12,4)5/h12,15-16H,6-11H2,1-5H3. The molecule has 96 valence electrons. The van der Waals surface area contributed by atoms with Gasteiger partial charge in [0, 0.05) is 18.6 Å². The van der Waals surface area contributed by atoms with Crippen molar-refractivity contribution in [2.24, 2.45) is 11.3 Å². The van der Waals surface area contributed by atoms with Gasteiger partial charge in [-0.3, -0.25) is 0 Å². The van der Waals surface area contributed by atoms with E-state index in [-0.39, 0.29) is 5.54 Å². The van der Waals surface area contributed by atoms with Crippen LogP contribution in [0.1, 0.15) is 53.9 Å². The van der Waals surface area contributed by atoms with E-state index in [1.807, 2.05) is 0 Å². The van der Waals surface area contributed by atoms with Gasteiger partial charge in [0.05, 0.1) is 0 Å². The summed E-state index contributed by atoms with van der Waals surface area (Å²) in [6.45, 7) is 14.8. The van der Waals surface area contributed by atoms with Crippen LogP contribution in [0.2, 0.25) is 0 Å². The van der Waals surface area contributed by atoms with Gasteiger partial charge in [0.25, 0.3) is 0 Å². The summed E-state index contributed by atoms with van der Waals surface area (Å²) in [7, 11) is 0. The second kappa shape index (κ2) is 5.50. The lowest BCUT2D eigenvalue weighted by atomic mass is 9.82. The van der Waals surface area contributed by atoms with E-state index >= 15 is 0 Å². The van der Waals surface area contributed by atoms with Crippen LogP contribution in [0.25, 0.3) is 0 Å². The highest BCUT2D eigenvalue weighted by Crippen LogP contribution is 2.41. The molecule has 1 fully saturated rings. The highest BCUT2D eigenvalue weighted by molar-refractivity contribution is 4.86. The lowest BCUT2D eigenvalue weighted by Crippen LogP contribution is -2.41. The van der Waals surface area contributed by atoms with Crippen molar-refractivity contribution >= 4 is 0 Å². The zero-order chi connectivity index (χ0) is 12.2. The number of rotatable bonds is 5. The molecule has 2 N–H and O–H groups in total. The van der Waals surface area contributed by atoms with Gasteiger partial charge in [-0.05, 0) is 51.5 Å². The first-order chi connectivity index (χ1) is 7.31. The maximum absolute atomic E-state index is 3.59. The van der Waals surface area contributed by atoms with Crippen LogP contribution in [0, 0.1) is 11.3 Å². The predicted octanol–water partition coefficient (Wildman–Crippen LogP) is 2.79. The normalized spacial score (nSPS) is 24.9. The minimum atomic E-state index is 0.244. The SMILES string of the molecule is CC(C)(C)NCCNCC1CCCC1(C)C. The molecule has 0 amide bonds. The molecule has 1 unspecified atom stereocenters. The zero-order valence-corrected chi connectivity index (χ0v) is 11.8. The van der Waals surface area contributed by atoms with Crippen LogP contribution in [0.4, 0.5) is 0 Å². The average Bonchev–Trinajstić information content (AvgIpc) is 2.43. The molecular weight excluding hydrogens is 196 g/mol. The van der Waals surface area contributed by atoms with Crippen LogP contribution in [0.15, 0.2) is 0 Å². The third-order valence-electron chi connectivity index (χ3n) is 3.83. The maximum Gasteiger partial charge on any atom is 0.00970 e. The van der Waals surface area contributed by atoms with E-state index in [1.165, 1.54) is 25.8 Å². The molecule has 0 aromatic carbocycles. The van der Waals surface area contributed by atoms with Gasteiger partial charge in [0.2, 0.25) is 0 Å². The first-order valence-corrected chi connectivity index (χ1v) is 6.77. The van der Waals surface area contributed by atoms with Gasteiger partial charge in [0.1, 0.15) is 0 Å². The van der Waals surface area contributed by atoms with Crippen LogP contribution >= 0.6 is 0 Å². The Morgan fingerprint density at radius 3 is 2.38 bits per heavy atom. The summed E-state index contributed by atoms with van der Waals surface area (Å²) >= 11 is 0. The largest absolute Gasteiger partial charge is 0.315 e. The van der Waals surface area contributed by atoms with Crippen LogP contribution in [-0.4, -0.2) is 25.2 Å². The molecule has 0 bridgehead atoms. The molecular formula is C14H30N2. The molecule has 1 saturated carbocycles. The Bertz CT molecular complexity index is 203. The van der Waals surface area contributed by atoms with E-state index in [0.717, 1.165) is 19.0 Å². The number of hydrogen-bond donors (Lipinski definition) is 2. The van der Waals surface area contributed by atoms with Gasteiger partial charge in [-0.25, -0.2) is 0 Å². The van der Waals surface area contributed by atoms with E-state index in [0.29, 0.717) is 5.41 Å². The summed E-state index contributed by atoms with van der Waals surface area (Å²) in [6, 6.07) is 0. The molecule has 1 aliphatic rings. The fourth-order valence-electron chi connectivity index (χ4n) is 2.58. The molecule has 0 aromatic heterocycles. The Balaban J connectivity index is 2.08. The quantitative estimate of drug-likeness (QED) is 0.704. The highest BCUT2D eigenvalue weighted by Gasteiger charge is 2.33. The summed E-state index contributed by atoms with van der Waals surface area (Å²) < 4.78 is 0. The van der Waals surface area contributed by atoms with Crippen molar-refractivity contribution in [3.05, 3.63) is 0 Å². The first kappa shape index (κ1) is 14.0. The van der Waals surface area contributed by atoms with Gasteiger partial charge in [0.15, 0.2) is 0 Å². The van der Waals surface area contributed by atoms with Crippen molar-refractivity contribution in [2.75, 3.05) is 19.6 Å². The minimum absolute atomic E-state index is 0.244. The van der Waals surface area contributed by atoms with E-state index in [4.69, 9.17) is 0 Å². The fourth-order valence-corrected chi connectivity index (χ4v) is 2.58. The summed E-state index contributed by atoms with van der Waals surface area (Å²) in [5.74, 6) is 0.877. The Hall–Kier alpha value is -0.0800. The monoisotopic (exact) mass is 226 g/mol. The molecule has 0 spiro atoms. The molecule has 1 aliphatic carbocycles. The van der Waals surface area contributed by atoms with E-state index < -0.39 is 0 Å². The van der Waals surface area contributed by atoms with Crippen molar-refractivity contribution in [3.8, 4) is 0 Å². The van der Waals surface area contributed by atoms with Crippen molar-refractivity contribution in [1.29, 1.82) is 0 Å². The molecule has 0 radical (unpaired) electrons. The second-order valence-electron chi connectivity index (χ2n) is 6.96. The Morgan fingerprint density at radius 1 is 1.19 bits per heavy atom. The fraction of sp³-hybridized carbons (Fsp3) is 1.00. The molecule has 2 nitrogen and oxygen atoms in total. The summed E-state index contributed by atoms with van der Waals surface area (Å²) in [4.78, 5) is 0. The molecule has 0 aromatic rings. The van der Waals surface area contributed by atoms with Crippen LogP contribution < -0.4 is 10.6 Å². The lowest BCUT2D eigenvalue weighted by molar-refractivity contribution is 0.251. The maximum atomic E-state index is 3.59. The van der Waals surface area contributed by atoms with E-state index in [1.54, 1.807) is 0 Å². The van der Waals surface area contributed by atoms with Crippen LogP contribution in [0.3, 0.4) is 0 Å². The third-order valence-corrected chi connectivity index (χ3v) is 3.83. The topological polar surface area (TPSA) is 24.1 Å². The zero-order valence-electron chi connectivity index (χ0n) is 11.8. The van der Waals surface area contributed by atoms with E-state index in [2.05, 4.69) is 45.3 Å². The minimum Gasteiger partial charge on any atom is -0.315 e.